The molecule has 1 aromatic rings. The van der Waals surface area contributed by atoms with Crippen LogP contribution in [-0.2, 0) is 9.59 Å². The largest absolute Gasteiger partial charge is 0.354 e. The molecule has 3 aliphatic rings. The van der Waals surface area contributed by atoms with Crippen molar-refractivity contribution in [1.29, 1.82) is 0 Å². The minimum atomic E-state index is -0.234. The van der Waals surface area contributed by atoms with Gasteiger partial charge in [0.1, 0.15) is 6.04 Å². The summed E-state index contributed by atoms with van der Waals surface area (Å²) in [6.07, 6.45) is 7.24. The van der Waals surface area contributed by atoms with Crippen molar-refractivity contribution in [2.45, 2.75) is 56.9 Å². The molecule has 1 aromatic carbocycles. The molecule has 0 radical (unpaired) electrons. The van der Waals surface area contributed by atoms with Gasteiger partial charge in [0, 0.05) is 19.0 Å². The first kappa shape index (κ1) is 16.6. The van der Waals surface area contributed by atoms with E-state index < -0.39 is 0 Å². The Labute approximate surface area is 150 Å². The number of carbonyl (C=O) groups excluding carboxylic acids is 2. The van der Waals surface area contributed by atoms with Gasteiger partial charge in [0.25, 0.3) is 0 Å². The fourth-order valence-electron chi connectivity index (χ4n) is 4.64. The van der Waals surface area contributed by atoms with Gasteiger partial charge in [-0.2, -0.15) is 0 Å². The number of carbonyl (C=O) groups is 2. The molecule has 4 heteroatoms. The van der Waals surface area contributed by atoms with Crippen molar-refractivity contribution in [2.75, 3.05) is 13.1 Å². The first-order valence-corrected chi connectivity index (χ1v) is 9.87. The van der Waals surface area contributed by atoms with Crippen LogP contribution in [0.4, 0.5) is 0 Å². The Morgan fingerprint density at radius 3 is 2.56 bits per heavy atom. The van der Waals surface area contributed by atoms with Gasteiger partial charge in [0.05, 0.1) is 0 Å². The van der Waals surface area contributed by atoms with Gasteiger partial charge in [-0.1, -0.05) is 43.2 Å². The van der Waals surface area contributed by atoms with E-state index in [0.29, 0.717) is 11.8 Å². The topological polar surface area (TPSA) is 49.4 Å². The van der Waals surface area contributed by atoms with Crippen LogP contribution in [0.2, 0.25) is 0 Å². The van der Waals surface area contributed by atoms with Gasteiger partial charge >= 0.3 is 0 Å². The normalized spacial score (nSPS) is 29.0. The van der Waals surface area contributed by atoms with E-state index in [1.54, 1.807) is 0 Å². The number of hydrogen-bond donors (Lipinski definition) is 1. The maximum absolute atomic E-state index is 12.7. The lowest BCUT2D eigenvalue weighted by Gasteiger charge is -2.26. The van der Waals surface area contributed by atoms with Crippen molar-refractivity contribution < 1.29 is 9.59 Å². The van der Waals surface area contributed by atoms with Crippen molar-refractivity contribution in [1.82, 2.24) is 10.2 Å². The van der Waals surface area contributed by atoms with Crippen LogP contribution >= 0.6 is 0 Å². The Balaban J connectivity index is 1.28. The van der Waals surface area contributed by atoms with Gasteiger partial charge in [-0.3, -0.25) is 9.59 Å². The SMILES string of the molecule is O=C(NCC1CC1c1ccccc1)C1CCCN1C(=O)C1CCCC1. The molecule has 1 N–H and O–H groups in total. The molecule has 3 atom stereocenters. The number of hydrogen-bond acceptors (Lipinski definition) is 2. The quantitative estimate of drug-likeness (QED) is 0.895. The molecule has 4 rings (SSSR count). The Hall–Kier alpha value is -1.84. The zero-order valence-electron chi connectivity index (χ0n) is 14.8. The average Bonchev–Trinajstić information content (AvgIpc) is 3.05. The maximum atomic E-state index is 12.7. The van der Waals surface area contributed by atoms with Gasteiger partial charge in [-0.25, -0.2) is 0 Å². The standard InChI is InChI=1S/C21H28N2O2/c24-20(22-14-17-13-18(17)15-7-2-1-3-8-15)19-11-6-12-23(19)21(25)16-9-4-5-10-16/h1-3,7-8,16-19H,4-6,9-14H2,(H,22,24). The number of nitrogens with one attached hydrogen (secondary N) is 1. The van der Waals surface area contributed by atoms with E-state index in [2.05, 4.69) is 29.6 Å². The summed E-state index contributed by atoms with van der Waals surface area (Å²) in [6.45, 7) is 1.49. The molecule has 0 spiro atoms. The highest BCUT2D eigenvalue weighted by Gasteiger charge is 2.40. The molecular weight excluding hydrogens is 312 g/mol. The predicted molar refractivity (Wildman–Crippen MR) is 97.0 cm³/mol. The van der Waals surface area contributed by atoms with Crippen molar-refractivity contribution >= 4 is 11.8 Å². The molecule has 3 unspecified atom stereocenters. The van der Waals surface area contributed by atoms with Crippen LogP contribution in [0.15, 0.2) is 30.3 Å². The van der Waals surface area contributed by atoms with E-state index in [9.17, 15) is 9.59 Å². The van der Waals surface area contributed by atoms with E-state index in [-0.39, 0.29) is 23.8 Å². The highest BCUT2D eigenvalue weighted by atomic mass is 16.2. The van der Waals surface area contributed by atoms with Crippen molar-refractivity contribution in [3.8, 4) is 0 Å². The molecule has 1 aliphatic heterocycles. The average molecular weight is 340 g/mol. The molecule has 2 amide bonds. The van der Waals surface area contributed by atoms with E-state index in [4.69, 9.17) is 0 Å². The fraction of sp³-hybridized carbons (Fsp3) is 0.619. The van der Waals surface area contributed by atoms with Gasteiger partial charge < -0.3 is 10.2 Å². The number of nitrogens with zero attached hydrogens (tertiary/aromatic N) is 1. The fourth-order valence-corrected chi connectivity index (χ4v) is 4.64. The molecule has 3 fully saturated rings. The molecule has 4 nitrogen and oxygen atoms in total. The third kappa shape index (κ3) is 3.58. The van der Waals surface area contributed by atoms with Gasteiger partial charge in [0.15, 0.2) is 0 Å². The predicted octanol–water partition coefficient (Wildman–Crippen LogP) is 3.09. The van der Waals surface area contributed by atoms with Crippen LogP contribution < -0.4 is 5.32 Å². The Morgan fingerprint density at radius 1 is 1.04 bits per heavy atom. The lowest BCUT2D eigenvalue weighted by molar-refractivity contribution is -0.141. The number of benzene rings is 1. The Kier molecular flexibility index (Phi) is 4.78. The zero-order valence-corrected chi connectivity index (χ0v) is 14.8. The molecule has 134 valence electrons. The first-order valence-electron chi connectivity index (χ1n) is 9.87. The smallest absolute Gasteiger partial charge is 0.242 e. The van der Waals surface area contributed by atoms with Crippen molar-refractivity contribution in [3.63, 3.8) is 0 Å². The second kappa shape index (κ2) is 7.19. The molecule has 2 saturated carbocycles. The second-order valence-corrected chi connectivity index (χ2v) is 7.93. The van der Waals surface area contributed by atoms with Crippen LogP contribution in [0.3, 0.4) is 0 Å². The van der Waals surface area contributed by atoms with Crippen LogP contribution in [0.25, 0.3) is 0 Å². The van der Waals surface area contributed by atoms with Crippen LogP contribution in [0, 0.1) is 11.8 Å². The van der Waals surface area contributed by atoms with Gasteiger partial charge in [-0.05, 0) is 49.5 Å². The zero-order chi connectivity index (χ0) is 17.2. The molecule has 2 aliphatic carbocycles. The van der Waals surface area contributed by atoms with Gasteiger partial charge in [-0.15, -0.1) is 0 Å². The molecule has 0 aromatic heterocycles. The monoisotopic (exact) mass is 340 g/mol. The third-order valence-electron chi connectivity index (χ3n) is 6.23. The Morgan fingerprint density at radius 2 is 1.80 bits per heavy atom. The summed E-state index contributed by atoms with van der Waals surface area (Å²) in [5.74, 6) is 1.58. The number of rotatable bonds is 5. The first-order chi connectivity index (χ1) is 12.2. The summed E-state index contributed by atoms with van der Waals surface area (Å²) in [5.41, 5.74) is 1.38. The molecule has 0 bridgehead atoms. The van der Waals surface area contributed by atoms with Crippen molar-refractivity contribution in [2.24, 2.45) is 11.8 Å². The van der Waals surface area contributed by atoms with Crippen LogP contribution in [0.1, 0.15) is 56.4 Å². The number of likely N-dealkylation sites (tertiary alicyclic amines) is 1. The Bertz CT molecular complexity index is 624. The molecule has 1 heterocycles. The summed E-state index contributed by atoms with van der Waals surface area (Å²) in [7, 11) is 0. The van der Waals surface area contributed by atoms with E-state index in [0.717, 1.165) is 58.0 Å². The van der Waals surface area contributed by atoms with E-state index in [1.165, 1.54) is 5.56 Å². The highest BCUT2D eigenvalue weighted by Crippen LogP contribution is 2.46. The molecule has 1 saturated heterocycles. The minimum Gasteiger partial charge on any atom is -0.354 e. The molecular formula is C21H28N2O2. The van der Waals surface area contributed by atoms with Gasteiger partial charge in [0.2, 0.25) is 11.8 Å². The lowest BCUT2D eigenvalue weighted by Crippen LogP contribution is -2.48. The van der Waals surface area contributed by atoms with Crippen molar-refractivity contribution in [3.05, 3.63) is 35.9 Å². The minimum absolute atomic E-state index is 0.0579. The third-order valence-corrected chi connectivity index (χ3v) is 6.23. The molecule has 25 heavy (non-hydrogen) atoms. The summed E-state index contributed by atoms with van der Waals surface area (Å²) < 4.78 is 0. The summed E-state index contributed by atoms with van der Waals surface area (Å²) >= 11 is 0. The summed E-state index contributed by atoms with van der Waals surface area (Å²) in [4.78, 5) is 27.2. The summed E-state index contributed by atoms with van der Waals surface area (Å²) in [5, 5.41) is 3.13. The van der Waals surface area contributed by atoms with Crippen LogP contribution in [-0.4, -0.2) is 35.8 Å². The maximum Gasteiger partial charge on any atom is 0.242 e. The summed E-state index contributed by atoms with van der Waals surface area (Å²) in [6, 6.07) is 10.3. The number of amides is 2. The highest BCUT2D eigenvalue weighted by molar-refractivity contribution is 5.89. The lowest BCUT2D eigenvalue weighted by atomic mass is 10.1. The van der Waals surface area contributed by atoms with Crippen LogP contribution in [0.5, 0.6) is 0 Å². The van der Waals surface area contributed by atoms with E-state index >= 15 is 0 Å². The van der Waals surface area contributed by atoms with E-state index in [1.807, 2.05) is 11.0 Å². The second-order valence-electron chi connectivity index (χ2n) is 7.93.